The molecule has 0 atom stereocenters. The number of aromatic nitrogens is 2. The third-order valence-corrected chi connectivity index (χ3v) is 4.97. The van der Waals surface area contributed by atoms with Gasteiger partial charge in [-0.05, 0) is 55.0 Å². The molecule has 0 radical (unpaired) electrons. The molecule has 0 spiro atoms. The molecule has 4 rings (SSSR count). The zero-order chi connectivity index (χ0) is 23.2. The number of hydrogen-bond donors (Lipinski definition) is 3. The minimum Gasteiger partial charge on any atom is -0.326 e. The summed E-state index contributed by atoms with van der Waals surface area (Å²) >= 11 is 0. The molecule has 0 bridgehead atoms. The van der Waals surface area contributed by atoms with Crippen molar-refractivity contribution in [3.8, 4) is 0 Å². The average molecular weight is 444 g/mol. The van der Waals surface area contributed by atoms with Crippen molar-refractivity contribution < 1.29 is 14.0 Å². The first-order valence-electron chi connectivity index (χ1n) is 10.4. The number of carbonyl (C=O) groups excluding carboxylic acids is 2. The van der Waals surface area contributed by atoms with E-state index in [4.69, 9.17) is 0 Å². The fourth-order valence-electron chi connectivity index (χ4n) is 3.40. The highest BCUT2D eigenvalue weighted by Crippen LogP contribution is 2.15. The maximum Gasteiger partial charge on any atom is 0.258 e. The van der Waals surface area contributed by atoms with Gasteiger partial charge in [0.25, 0.3) is 11.5 Å². The van der Waals surface area contributed by atoms with Crippen molar-refractivity contribution in [3.63, 3.8) is 0 Å². The molecular formula is C25H21FN4O3. The monoisotopic (exact) mass is 444 g/mol. The van der Waals surface area contributed by atoms with Gasteiger partial charge < -0.3 is 15.6 Å². The van der Waals surface area contributed by atoms with Crippen LogP contribution < -0.4 is 16.2 Å². The van der Waals surface area contributed by atoms with Gasteiger partial charge in [0.15, 0.2) is 0 Å². The smallest absolute Gasteiger partial charge is 0.258 e. The van der Waals surface area contributed by atoms with Crippen LogP contribution in [0.4, 0.5) is 15.8 Å². The summed E-state index contributed by atoms with van der Waals surface area (Å²) < 4.78 is 13.3. The zero-order valence-electron chi connectivity index (χ0n) is 17.6. The summed E-state index contributed by atoms with van der Waals surface area (Å²) in [7, 11) is 0. The van der Waals surface area contributed by atoms with Crippen molar-refractivity contribution in [1.82, 2.24) is 9.97 Å². The number of nitrogens with zero attached hydrogens (tertiary/aromatic N) is 1. The van der Waals surface area contributed by atoms with E-state index in [9.17, 15) is 18.8 Å². The van der Waals surface area contributed by atoms with Crippen LogP contribution in [0.5, 0.6) is 0 Å². The van der Waals surface area contributed by atoms with Gasteiger partial charge in [0.2, 0.25) is 5.91 Å². The third-order valence-electron chi connectivity index (χ3n) is 4.97. The molecule has 3 N–H and O–H groups in total. The number of aromatic amines is 1. The summed E-state index contributed by atoms with van der Waals surface area (Å²) in [4.78, 5) is 44.1. The zero-order valence-corrected chi connectivity index (χ0v) is 17.6. The molecule has 166 valence electrons. The van der Waals surface area contributed by atoms with Crippen LogP contribution in [0, 0.1) is 5.82 Å². The average Bonchev–Trinajstić information content (AvgIpc) is 2.79. The number of fused-ring (bicyclic) bond motifs is 1. The molecule has 0 saturated heterocycles. The molecule has 33 heavy (non-hydrogen) atoms. The predicted molar refractivity (Wildman–Crippen MR) is 125 cm³/mol. The van der Waals surface area contributed by atoms with Crippen molar-refractivity contribution in [1.29, 1.82) is 0 Å². The Bertz CT molecular complexity index is 1380. The van der Waals surface area contributed by atoms with Gasteiger partial charge in [-0.25, -0.2) is 9.37 Å². The van der Waals surface area contributed by atoms with Gasteiger partial charge in [0.1, 0.15) is 11.6 Å². The molecular weight excluding hydrogens is 423 g/mol. The quantitative estimate of drug-likeness (QED) is 0.396. The lowest BCUT2D eigenvalue weighted by Gasteiger charge is -2.09. The Morgan fingerprint density at radius 2 is 1.67 bits per heavy atom. The minimum atomic E-state index is -0.447. The molecule has 0 aliphatic heterocycles. The van der Waals surface area contributed by atoms with Crippen LogP contribution in [0.3, 0.4) is 0 Å². The molecule has 4 aromatic rings. The predicted octanol–water partition coefficient (Wildman–Crippen LogP) is 4.28. The van der Waals surface area contributed by atoms with Crippen molar-refractivity contribution in [3.05, 3.63) is 100 Å². The standard InChI is InChI=1S/C25H21FN4O3/c26-17-7-4-9-19(15-17)28-24(32)16-6-3-8-18(14-16)27-23(31)13-5-12-22-29-21-11-2-1-10-20(21)25(33)30-22/h1-4,6-11,14-15H,5,12-13H2,(H,27,31)(H,28,32)(H,29,30,33). The van der Waals surface area contributed by atoms with E-state index in [-0.39, 0.29) is 17.9 Å². The van der Waals surface area contributed by atoms with E-state index < -0.39 is 11.7 Å². The highest BCUT2D eigenvalue weighted by molar-refractivity contribution is 6.05. The summed E-state index contributed by atoms with van der Waals surface area (Å²) in [6.07, 6.45) is 1.16. The molecule has 2 amide bonds. The van der Waals surface area contributed by atoms with Gasteiger partial charge in [-0.2, -0.15) is 0 Å². The van der Waals surface area contributed by atoms with Crippen LogP contribution in [0.15, 0.2) is 77.6 Å². The summed E-state index contributed by atoms with van der Waals surface area (Å²) in [5, 5.41) is 5.92. The normalized spacial score (nSPS) is 10.7. The first-order chi connectivity index (χ1) is 16.0. The molecule has 8 heteroatoms. The van der Waals surface area contributed by atoms with Crippen LogP contribution in [0.1, 0.15) is 29.0 Å². The third kappa shape index (κ3) is 5.68. The number of H-pyrrole nitrogens is 1. The first kappa shape index (κ1) is 21.9. The van der Waals surface area contributed by atoms with E-state index in [1.54, 1.807) is 48.5 Å². The highest BCUT2D eigenvalue weighted by Gasteiger charge is 2.10. The van der Waals surface area contributed by atoms with Crippen LogP contribution in [-0.2, 0) is 11.2 Å². The van der Waals surface area contributed by atoms with Crippen molar-refractivity contribution in [2.45, 2.75) is 19.3 Å². The first-order valence-corrected chi connectivity index (χ1v) is 10.4. The number of carbonyl (C=O) groups is 2. The summed E-state index contributed by atoms with van der Waals surface area (Å²) in [6, 6.07) is 19.2. The van der Waals surface area contributed by atoms with E-state index in [0.29, 0.717) is 46.5 Å². The van der Waals surface area contributed by atoms with Crippen LogP contribution in [0.2, 0.25) is 0 Å². The second-order valence-corrected chi connectivity index (χ2v) is 7.48. The lowest BCUT2D eigenvalue weighted by Crippen LogP contribution is -2.15. The number of halogens is 1. The number of nitrogens with one attached hydrogen (secondary N) is 3. The highest BCUT2D eigenvalue weighted by atomic mass is 19.1. The molecule has 0 aliphatic rings. The molecule has 0 fully saturated rings. The number of hydrogen-bond acceptors (Lipinski definition) is 4. The topological polar surface area (TPSA) is 104 Å². The summed E-state index contributed by atoms with van der Waals surface area (Å²) in [5.41, 5.74) is 1.57. The van der Waals surface area contributed by atoms with Crippen molar-refractivity contribution in [2.75, 3.05) is 10.6 Å². The summed E-state index contributed by atoms with van der Waals surface area (Å²) in [5.74, 6) is -0.553. The second kappa shape index (κ2) is 9.86. The Morgan fingerprint density at radius 3 is 2.48 bits per heavy atom. The van der Waals surface area contributed by atoms with Crippen LogP contribution in [-0.4, -0.2) is 21.8 Å². The number of anilines is 2. The Labute approximate surface area is 188 Å². The fourth-order valence-corrected chi connectivity index (χ4v) is 3.40. The van der Waals surface area contributed by atoms with E-state index in [2.05, 4.69) is 20.6 Å². The van der Waals surface area contributed by atoms with Gasteiger partial charge in [0.05, 0.1) is 10.9 Å². The van der Waals surface area contributed by atoms with E-state index in [1.165, 1.54) is 18.2 Å². The maximum absolute atomic E-state index is 13.3. The van der Waals surface area contributed by atoms with E-state index >= 15 is 0 Å². The van der Waals surface area contributed by atoms with Gasteiger partial charge in [0, 0.05) is 29.8 Å². The number of aryl methyl sites for hydroxylation is 1. The number of benzene rings is 3. The number of rotatable bonds is 7. The van der Waals surface area contributed by atoms with Gasteiger partial charge in [-0.15, -0.1) is 0 Å². The molecule has 3 aromatic carbocycles. The largest absolute Gasteiger partial charge is 0.326 e. The lowest BCUT2D eigenvalue weighted by atomic mass is 10.1. The summed E-state index contributed by atoms with van der Waals surface area (Å²) in [6.45, 7) is 0. The van der Waals surface area contributed by atoms with Crippen LogP contribution >= 0.6 is 0 Å². The van der Waals surface area contributed by atoms with E-state index in [1.807, 2.05) is 6.07 Å². The van der Waals surface area contributed by atoms with Gasteiger partial charge in [-0.3, -0.25) is 14.4 Å². The van der Waals surface area contributed by atoms with Crippen molar-refractivity contribution >= 4 is 34.1 Å². The SMILES string of the molecule is O=C(CCCc1nc2ccccc2c(=O)[nH]1)Nc1cccc(C(=O)Nc2cccc(F)c2)c1. The molecule has 7 nitrogen and oxygen atoms in total. The molecule has 1 heterocycles. The van der Waals surface area contributed by atoms with Gasteiger partial charge in [-0.1, -0.05) is 24.3 Å². The lowest BCUT2D eigenvalue weighted by molar-refractivity contribution is -0.116. The van der Waals surface area contributed by atoms with Gasteiger partial charge >= 0.3 is 0 Å². The fraction of sp³-hybridized carbons (Fsp3) is 0.120. The molecule has 0 saturated carbocycles. The second-order valence-electron chi connectivity index (χ2n) is 7.48. The maximum atomic E-state index is 13.3. The number of amides is 2. The Hall–Kier alpha value is -4.33. The number of para-hydroxylation sites is 1. The Kier molecular flexibility index (Phi) is 6.54. The Balaban J connectivity index is 1.32. The van der Waals surface area contributed by atoms with Crippen LogP contribution in [0.25, 0.3) is 10.9 Å². The molecule has 1 aromatic heterocycles. The molecule has 0 aliphatic carbocycles. The minimum absolute atomic E-state index is 0.201. The van der Waals surface area contributed by atoms with Crippen molar-refractivity contribution in [2.24, 2.45) is 0 Å². The molecule has 0 unspecified atom stereocenters. The van der Waals surface area contributed by atoms with E-state index in [0.717, 1.165) is 0 Å². The Morgan fingerprint density at radius 1 is 0.909 bits per heavy atom.